The number of anilines is 1. The van der Waals surface area contributed by atoms with Crippen LogP contribution in [0.3, 0.4) is 0 Å². The third-order valence-electron chi connectivity index (χ3n) is 7.17. The summed E-state index contributed by atoms with van der Waals surface area (Å²) in [7, 11) is -2.58. The van der Waals surface area contributed by atoms with E-state index in [2.05, 4.69) is 19.2 Å². The summed E-state index contributed by atoms with van der Waals surface area (Å²) in [4.78, 5) is 29.1. The molecule has 2 amide bonds. The van der Waals surface area contributed by atoms with E-state index in [0.29, 0.717) is 5.69 Å². The van der Waals surface area contributed by atoms with Crippen molar-refractivity contribution in [2.75, 3.05) is 17.9 Å². The number of amides is 2. The summed E-state index contributed by atoms with van der Waals surface area (Å²) in [6.07, 6.45) is 0.271. The first-order valence-electron chi connectivity index (χ1n) is 14.0. The van der Waals surface area contributed by atoms with Gasteiger partial charge in [-0.1, -0.05) is 105 Å². The van der Waals surface area contributed by atoms with Crippen LogP contribution in [0.5, 0.6) is 0 Å². The van der Waals surface area contributed by atoms with E-state index < -0.39 is 28.5 Å². The Morgan fingerprint density at radius 3 is 1.79 bits per heavy atom. The Morgan fingerprint density at radius 1 is 0.738 bits per heavy atom. The monoisotopic (exact) mass is 583 g/mol. The minimum Gasteiger partial charge on any atom is -0.357 e. The van der Waals surface area contributed by atoms with Crippen LogP contribution in [0.25, 0.3) is 0 Å². The SMILES string of the molecule is CNC(=O)C(Cc1ccccc1)N(Cc1ccccc1)C(=O)CN(c1ccc(C(C)C)cc1)S(=O)(=O)c1ccccc1. The largest absolute Gasteiger partial charge is 0.357 e. The van der Waals surface area contributed by atoms with Gasteiger partial charge in [0.15, 0.2) is 0 Å². The quantitative estimate of drug-likeness (QED) is 0.242. The lowest BCUT2D eigenvalue weighted by Crippen LogP contribution is -2.53. The van der Waals surface area contributed by atoms with Gasteiger partial charge >= 0.3 is 0 Å². The summed E-state index contributed by atoms with van der Waals surface area (Å²) in [5, 5.41) is 2.70. The molecular formula is C34H37N3O4S. The molecule has 0 spiro atoms. The summed E-state index contributed by atoms with van der Waals surface area (Å²) in [6.45, 7) is 3.78. The number of benzene rings is 4. The molecule has 0 saturated carbocycles. The second kappa shape index (κ2) is 14.0. The maximum absolute atomic E-state index is 14.3. The number of rotatable bonds is 12. The predicted octanol–water partition coefficient (Wildman–Crippen LogP) is 5.39. The molecule has 0 aliphatic carbocycles. The van der Waals surface area contributed by atoms with Gasteiger partial charge in [-0.25, -0.2) is 8.42 Å². The minimum absolute atomic E-state index is 0.0764. The smallest absolute Gasteiger partial charge is 0.264 e. The van der Waals surface area contributed by atoms with Gasteiger partial charge in [0.25, 0.3) is 10.0 Å². The van der Waals surface area contributed by atoms with Crippen LogP contribution in [0.2, 0.25) is 0 Å². The first-order chi connectivity index (χ1) is 20.2. The molecular weight excluding hydrogens is 546 g/mol. The van der Waals surface area contributed by atoms with E-state index in [0.717, 1.165) is 21.0 Å². The van der Waals surface area contributed by atoms with Crippen molar-refractivity contribution in [3.8, 4) is 0 Å². The van der Waals surface area contributed by atoms with Crippen molar-refractivity contribution in [3.63, 3.8) is 0 Å². The molecule has 8 heteroatoms. The molecule has 0 aromatic heterocycles. The summed E-state index contributed by atoms with van der Waals surface area (Å²) < 4.78 is 29.1. The van der Waals surface area contributed by atoms with Crippen molar-refractivity contribution in [3.05, 3.63) is 132 Å². The van der Waals surface area contributed by atoms with Crippen molar-refractivity contribution in [1.29, 1.82) is 0 Å². The zero-order valence-electron chi connectivity index (χ0n) is 24.2. The normalized spacial score (nSPS) is 12.0. The van der Waals surface area contributed by atoms with Crippen LogP contribution in [0, 0.1) is 0 Å². The Balaban J connectivity index is 1.77. The molecule has 4 rings (SSSR count). The highest BCUT2D eigenvalue weighted by Crippen LogP contribution is 2.27. The molecule has 0 bridgehead atoms. The van der Waals surface area contributed by atoms with Crippen LogP contribution < -0.4 is 9.62 Å². The van der Waals surface area contributed by atoms with E-state index in [9.17, 15) is 18.0 Å². The van der Waals surface area contributed by atoms with Gasteiger partial charge in [-0.05, 0) is 46.9 Å². The summed E-state index contributed by atoms with van der Waals surface area (Å²) in [6, 6.07) is 33.3. The topological polar surface area (TPSA) is 86.8 Å². The number of carbonyl (C=O) groups is 2. The van der Waals surface area contributed by atoms with Gasteiger partial charge in [-0.2, -0.15) is 0 Å². The Morgan fingerprint density at radius 2 is 1.26 bits per heavy atom. The molecule has 0 heterocycles. The summed E-state index contributed by atoms with van der Waals surface area (Å²) >= 11 is 0. The van der Waals surface area contributed by atoms with E-state index in [-0.39, 0.29) is 29.7 Å². The van der Waals surface area contributed by atoms with Crippen molar-refractivity contribution < 1.29 is 18.0 Å². The average Bonchev–Trinajstić information content (AvgIpc) is 3.02. The fourth-order valence-electron chi connectivity index (χ4n) is 4.77. The first kappa shape index (κ1) is 30.5. The second-order valence-corrected chi connectivity index (χ2v) is 12.3. The number of hydrogen-bond acceptors (Lipinski definition) is 4. The zero-order chi connectivity index (χ0) is 30.1. The van der Waals surface area contributed by atoms with Crippen molar-refractivity contribution in [2.24, 2.45) is 0 Å². The van der Waals surface area contributed by atoms with Crippen LogP contribution in [-0.4, -0.2) is 44.8 Å². The highest BCUT2D eigenvalue weighted by Gasteiger charge is 2.34. The first-order valence-corrected chi connectivity index (χ1v) is 15.4. The molecule has 4 aromatic rings. The molecule has 0 fully saturated rings. The van der Waals surface area contributed by atoms with Crippen molar-refractivity contribution in [2.45, 2.75) is 43.7 Å². The Bertz CT molecular complexity index is 1560. The minimum atomic E-state index is -4.11. The number of carbonyl (C=O) groups excluding carboxylic acids is 2. The molecule has 1 N–H and O–H groups in total. The fraction of sp³-hybridized carbons (Fsp3) is 0.235. The zero-order valence-corrected chi connectivity index (χ0v) is 25.0. The molecule has 1 unspecified atom stereocenters. The van der Waals surface area contributed by atoms with Gasteiger partial charge in [0.05, 0.1) is 10.6 Å². The lowest BCUT2D eigenvalue weighted by Gasteiger charge is -2.33. The number of sulfonamides is 1. The predicted molar refractivity (Wildman–Crippen MR) is 166 cm³/mol. The maximum atomic E-state index is 14.3. The third kappa shape index (κ3) is 7.44. The van der Waals surface area contributed by atoms with Gasteiger partial charge in [-0.3, -0.25) is 13.9 Å². The Kier molecular flexibility index (Phi) is 10.1. The number of hydrogen-bond donors (Lipinski definition) is 1. The van der Waals surface area contributed by atoms with Crippen LogP contribution in [0.1, 0.15) is 36.5 Å². The maximum Gasteiger partial charge on any atom is 0.264 e. The van der Waals surface area contributed by atoms with Crippen LogP contribution in [0.4, 0.5) is 5.69 Å². The molecule has 1 atom stereocenters. The van der Waals surface area contributed by atoms with E-state index in [1.165, 1.54) is 24.1 Å². The number of nitrogens with one attached hydrogen (secondary N) is 1. The average molecular weight is 584 g/mol. The Labute approximate surface area is 248 Å². The molecule has 4 aromatic carbocycles. The highest BCUT2D eigenvalue weighted by molar-refractivity contribution is 7.92. The van der Waals surface area contributed by atoms with Crippen molar-refractivity contribution >= 4 is 27.5 Å². The van der Waals surface area contributed by atoms with E-state index >= 15 is 0 Å². The van der Waals surface area contributed by atoms with Gasteiger partial charge < -0.3 is 10.2 Å². The summed E-state index contributed by atoms with van der Waals surface area (Å²) in [5.74, 6) is -0.565. The highest BCUT2D eigenvalue weighted by atomic mass is 32.2. The Hall–Kier alpha value is -4.43. The van der Waals surface area contributed by atoms with Gasteiger partial charge in [0.1, 0.15) is 12.6 Å². The van der Waals surface area contributed by atoms with Crippen LogP contribution >= 0.6 is 0 Å². The fourth-order valence-corrected chi connectivity index (χ4v) is 6.21. The van der Waals surface area contributed by atoms with Gasteiger partial charge in [-0.15, -0.1) is 0 Å². The molecule has 7 nitrogen and oxygen atoms in total. The molecule has 42 heavy (non-hydrogen) atoms. The van der Waals surface area contributed by atoms with E-state index in [1.807, 2.05) is 72.8 Å². The lowest BCUT2D eigenvalue weighted by molar-refractivity contribution is -0.139. The molecule has 0 aliphatic rings. The molecule has 0 aliphatic heterocycles. The van der Waals surface area contributed by atoms with Crippen LogP contribution in [-0.2, 0) is 32.6 Å². The van der Waals surface area contributed by atoms with E-state index in [4.69, 9.17) is 0 Å². The van der Waals surface area contributed by atoms with Crippen molar-refractivity contribution in [1.82, 2.24) is 10.2 Å². The molecule has 0 saturated heterocycles. The lowest BCUT2D eigenvalue weighted by atomic mass is 10.0. The van der Waals surface area contributed by atoms with Gasteiger partial charge in [0, 0.05) is 20.0 Å². The number of nitrogens with zero attached hydrogens (tertiary/aromatic N) is 2. The van der Waals surface area contributed by atoms with Crippen LogP contribution in [0.15, 0.2) is 120 Å². The number of likely N-dealkylation sites (N-methyl/N-ethyl adjacent to an activating group) is 1. The molecule has 0 radical (unpaired) electrons. The molecule has 218 valence electrons. The summed E-state index contributed by atoms with van der Waals surface area (Å²) in [5.41, 5.74) is 3.13. The van der Waals surface area contributed by atoms with E-state index in [1.54, 1.807) is 30.3 Å². The third-order valence-corrected chi connectivity index (χ3v) is 8.96. The van der Waals surface area contributed by atoms with Gasteiger partial charge in [0.2, 0.25) is 11.8 Å². The second-order valence-electron chi connectivity index (χ2n) is 10.4. The standard InChI is InChI=1S/C34H37N3O4S/c1-26(2)29-19-21-30(22-20-29)37(42(40,41)31-17-11-6-12-18-31)25-33(38)36(24-28-15-9-5-10-16-28)32(34(39)35-3)23-27-13-7-4-8-14-27/h4-22,26,32H,23-25H2,1-3H3,(H,35,39).